The number of hydrogen-bond acceptors (Lipinski definition) is 3. The van der Waals surface area contributed by atoms with E-state index in [0.717, 1.165) is 42.1 Å². The Balaban J connectivity index is 1.97. The lowest BCUT2D eigenvalue weighted by Crippen LogP contribution is -2.26. The molecule has 1 fully saturated rings. The molecule has 0 radical (unpaired) electrons. The minimum Gasteiger partial charge on any atom is -0.463 e. The Kier molecular flexibility index (Phi) is 4.20. The lowest BCUT2D eigenvalue weighted by atomic mass is 9.92. The topological polar surface area (TPSA) is 29.5 Å². The fourth-order valence-electron chi connectivity index (χ4n) is 3.34. The van der Waals surface area contributed by atoms with E-state index in [2.05, 4.69) is 4.90 Å². The van der Waals surface area contributed by atoms with Crippen molar-refractivity contribution in [2.24, 2.45) is 0 Å². The molecule has 112 valence electrons. The third-order valence-corrected chi connectivity index (χ3v) is 4.56. The largest absolute Gasteiger partial charge is 0.463 e. The van der Waals surface area contributed by atoms with Gasteiger partial charge in [-0.25, -0.2) is 4.79 Å². The van der Waals surface area contributed by atoms with Gasteiger partial charge in [0.2, 0.25) is 0 Å². The highest BCUT2D eigenvalue weighted by molar-refractivity contribution is 6.30. The summed E-state index contributed by atoms with van der Waals surface area (Å²) in [6.45, 7) is 4.20. The predicted octanol–water partition coefficient (Wildman–Crippen LogP) is 3.74. The Morgan fingerprint density at radius 2 is 2.10 bits per heavy atom. The van der Waals surface area contributed by atoms with Gasteiger partial charge in [0.05, 0.1) is 12.2 Å². The van der Waals surface area contributed by atoms with E-state index in [-0.39, 0.29) is 11.9 Å². The summed E-state index contributed by atoms with van der Waals surface area (Å²) in [5.41, 5.74) is 3.20. The first-order valence-electron chi connectivity index (χ1n) is 7.61. The van der Waals surface area contributed by atoms with Crippen LogP contribution in [0.4, 0.5) is 0 Å². The number of ether oxygens (including phenoxy) is 1. The highest BCUT2D eigenvalue weighted by Gasteiger charge is 2.37. The maximum atomic E-state index is 12.4. The molecule has 1 saturated heterocycles. The highest BCUT2D eigenvalue weighted by atomic mass is 35.5. The van der Waals surface area contributed by atoms with Crippen LogP contribution in [0.3, 0.4) is 0 Å². The van der Waals surface area contributed by atoms with Gasteiger partial charge in [-0.2, -0.15) is 0 Å². The van der Waals surface area contributed by atoms with Crippen molar-refractivity contribution in [3.05, 3.63) is 46.1 Å². The summed E-state index contributed by atoms with van der Waals surface area (Å²) >= 11 is 5.97. The molecule has 4 heteroatoms. The molecule has 0 amide bonds. The van der Waals surface area contributed by atoms with Gasteiger partial charge in [-0.1, -0.05) is 23.7 Å². The summed E-state index contributed by atoms with van der Waals surface area (Å²) in [7, 11) is 0. The maximum Gasteiger partial charge on any atom is 0.336 e. The van der Waals surface area contributed by atoms with Crippen molar-refractivity contribution in [2.45, 2.75) is 32.1 Å². The van der Waals surface area contributed by atoms with Crippen LogP contribution in [-0.2, 0) is 9.53 Å². The van der Waals surface area contributed by atoms with Crippen LogP contribution in [0.15, 0.2) is 35.5 Å². The molecule has 2 aliphatic heterocycles. The Bertz CT molecular complexity index is 565. The zero-order valence-corrected chi connectivity index (χ0v) is 13.0. The van der Waals surface area contributed by atoms with E-state index in [4.69, 9.17) is 16.3 Å². The van der Waals surface area contributed by atoms with E-state index < -0.39 is 0 Å². The molecule has 0 aliphatic carbocycles. The number of nitrogens with zero attached hydrogens (tertiary/aromatic N) is 1. The number of rotatable bonds is 3. The van der Waals surface area contributed by atoms with Gasteiger partial charge in [-0.15, -0.1) is 0 Å². The third-order valence-electron chi connectivity index (χ3n) is 4.30. The summed E-state index contributed by atoms with van der Waals surface area (Å²) in [6, 6.07) is 7.82. The first-order valence-corrected chi connectivity index (χ1v) is 7.99. The maximum absolute atomic E-state index is 12.4. The van der Waals surface area contributed by atoms with Crippen molar-refractivity contribution >= 4 is 17.6 Å². The molecule has 21 heavy (non-hydrogen) atoms. The Hall–Kier alpha value is -1.48. The molecular weight excluding hydrogens is 286 g/mol. The molecule has 2 heterocycles. The summed E-state index contributed by atoms with van der Waals surface area (Å²) < 4.78 is 5.30. The molecule has 1 unspecified atom stereocenters. The van der Waals surface area contributed by atoms with E-state index in [1.54, 1.807) is 0 Å². The van der Waals surface area contributed by atoms with Gasteiger partial charge in [0.1, 0.15) is 0 Å². The van der Waals surface area contributed by atoms with Crippen LogP contribution < -0.4 is 0 Å². The van der Waals surface area contributed by atoms with Gasteiger partial charge < -0.3 is 9.64 Å². The van der Waals surface area contributed by atoms with Crippen molar-refractivity contribution in [2.75, 3.05) is 19.7 Å². The van der Waals surface area contributed by atoms with Crippen molar-refractivity contribution in [1.82, 2.24) is 4.90 Å². The summed E-state index contributed by atoms with van der Waals surface area (Å²) in [6.07, 6.45) is 3.34. The molecule has 3 rings (SSSR count). The number of halogens is 1. The minimum atomic E-state index is -0.156. The van der Waals surface area contributed by atoms with Crippen molar-refractivity contribution in [1.29, 1.82) is 0 Å². The van der Waals surface area contributed by atoms with Gasteiger partial charge in [0, 0.05) is 29.7 Å². The molecule has 0 bridgehead atoms. The van der Waals surface area contributed by atoms with Gasteiger partial charge in [0.15, 0.2) is 0 Å². The Morgan fingerprint density at radius 1 is 1.33 bits per heavy atom. The highest BCUT2D eigenvalue weighted by Crippen LogP contribution is 2.40. The second-order valence-corrected chi connectivity index (χ2v) is 6.02. The SMILES string of the molecule is CCOC(=O)C1=C2CCCCN2CC1c1ccc(Cl)cc1. The quantitative estimate of drug-likeness (QED) is 0.797. The monoisotopic (exact) mass is 305 g/mol. The van der Waals surface area contributed by atoms with Gasteiger partial charge in [-0.3, -0.25) is 0 Å². The van der Waals surface area contributed by atoms with Crippen LogP contribution in [0.25, 0.3) is 0 Å². The molecular formula is C17H20ClNO2. The van der Waals surface area contributed by atoms with E-state index in [0.29, 0.717) is 6.61 Å². The van der Waals surface area contributed by atoms with E-state index >= 15 is 0 Å². The fourth-order valence-corrected chi connectivity index (χ4v) is 3.47. The smallest absolute Gasteiger partial charge is 0.336 e. The van der Waals surface area contributed by atoms with E-state index in [1.165, 1.54) is 12.1 Å². The van der Waals surface area contributed by atoms with E-state index in [9.17, 15) is 4.79 Å². The van der Waals surface area contributed by atoms with Crippen molar-refractivity contribution < 1.29 is 9.53 Å². The number of allylic oxidation sites excluding steroid dienone is 1. The second-order valence-electron chi connectivity index (χ2n) is 5.59. The van der Waals surface area contributed by atoms with Gasteiger partial charge in [-0.05, 0) is 43.9 Å². The average molecular weight is 306 g/mol. The third kappa shape index (κ3) is 2.80. The molecule has 0 aromatic heterocycles. The van der Waals surface area contributed by atoms with Crippen molar-refractivity contribution in [3.63, 3.8) is 0 Å². The van der Waals surface area contributed by atoms with Crippen LogP contribution in [0, 0.1) is 0 Å². The fraction of sp³-hybridized carbons (Fsp3) is 0.471. The zero-order chi connectivity index (χ0) is 14.8. The average Bonchev–Trinajstić information content (AvgIpc) is 2.87. The van der Waals surface area contributed by atoms with Crippen molar-refractivity contribution in [3.8, 4) is 0 Å². The number of benzene rings is 1. The molecule has 1 aromatic rings. The molecule has 0 saturated carbocycles. The summed E-state index contributed by atoms with van der Waals surface area (Å²) in [4.78, 5) is 14.8. The molecule has 2 aliphatic rings. The van der Waals surface area contributed by atoms with Gasteiger partial charge in [0.25, 0.3) is 0 Å². The van der Waals surface area contributed by atoms with E-state index in [1.807, 2.05) is 31.2 Å². The van der Waals surface area contributed by atoms with Gasteiger partial charge >= 0.3 is 5.97 Å². The molecule has 0 spiro atoms. The lowest BCUT2D eigenvalue weighted by Gasteiger charge is -2.27. The molecule has 3 nitrogen and oxygen atoms in total. The minimum absolute atomic E-state index is 0.106. The number of fused-ring (bicyclic) bond motifs is 1. The normalized spacial score (nSPS) is 21.4. The number of esters is 1. The van der Waals surface area contributed by atoms with Crippen LogP contribution in [0.1, 0.15) is 37.7 Å². The first kappa shape index (κ1) is 14.5. The molecule has 1 atom stereocenters. The predicted molar refractivity (Wildman–Crippen MR) is 83.3 cm³/mol. The van der Waals surface area contributed by atoms with Crippen LogP contribution >= 0.6 is 11.6 Å². The number of piperidine rings is 1. The van der Waals surface area contributed by atoms with Crippen LogP contribution in [0.5, 0.6) is 0 Å². The standard InChI is InChI=1S/C17H20ClNO2/c1-2-21-17(20)16-14(12-6-8-13(18)9-7-12)11-19-10-4-3-5-15(16)19/h6-9,14H,2-5,10-11H2,1H3. The van der Waals surface area contributed by atoms with Crippen LogP contribution in [-0.4, -0.2) is 30.6 Å². The molecule has 0 N–H and O–H groups in total. The zero-order valence-electron chi connectivity index (χ0n) is 12.3. The molecule has 1 aromatic carbocycles. The lowest BCUT2D eigenvalue weighted by molar-refractivity contribution is -0.138. The summed E-state index contributed by atoms with van der Waals surface area (Å²) in [5.74, 6) is -0.0498. The van der Waals surface area contributed by atoms with Crippen LogP contribution in [0.2, 0.25) is 5.02 Å². The number of carbonyl (C=O) groups excluding carboxylic acids is 1. The Labute approximate surface area is 130 Å². The summed E-state index contributed by atoms with van der Waals surface area (Å²) in [5, 5.41) is 0.722. The number of hydrogen-bond donors (Lipinski definition) is 0. The number of carbonyl (C=O) groups is 1. The first-order chi connectivity index (χ1) is 10.2. The second kappa shape index (κ2) is 6.10. The Morgan fingerprint density at radius 3 is 2.81 bits per heavy atom.